The highest BCUT2D eigenvalue weighted by molar-refractivity contribution is 5.58. The predicted octanol–water partition coefficient (Wildman–Crippen LogP) is 1.09. The number of rotatable bonds is 7. The summed E-state index contributed by atoms with van der Waals surface area (Å²) in [7, 11) is 1.40. The van der Waals surface area contributed by atoms with Crippen LogP contribution in [0.15, 0.2) is 24.5 Å². The van der Waals surface area contributed by atoms with E-state index in [9.17, 15) is 28.5 Å². The fourth-order valence-electron chi connectivity index (χ4n) is 5.18. The molecule has 200 valence electrons. The summed E-state index contributed by atoms with van der Waals surface area (Å²) in [5, 5.41) is 47.7. The first-order chi connectivity index (χ1) is 17.8. The number of ether oxygens (including phenoxy) is 2. The van der Waals surface area contributed by atoms with Crippen molar-refractivity contribution in [3.63, 3.8) is 0 Å². The average molecular weight is 525 g/mol. The minimum Gasteiger partial charge on any atom is -0.394 e. The molecule has 1 aliphatic heterocycles. The van der Waals surface area contributed by atoms with Crippen LogP contribution >= 0.6 is 0 Å². The van der Waals surface area contributed by atoms with Gasteiger partial charge in [-0.1, -0.05) is 23.3 Å². The summed E-state index contributed by atoms with van der Waals surface area (Å²) in [5.74, 6) is -4.39. The van der Waals surface area contributed by atoms with Crippen molar-refractivity contribution in [3.8, 4) is 11.3 Å². The molecule has 5 rings (SSSR count). The normalized spacial score (nSPS) is 27.6. The molecular weight excluding hydrogens is 497 g/mol. The lowest BCUT2D eigenvalue weighted by Crippen LogP contribution is -2.57. The highest BCUT2D eigenvalue weighted by Gasteiger charge is 2.47. The molecule has 1 saturated heterocycles. The topological polar surface area (TPSA) is 141 Å². The van der Waals surface area contributed by atoms with E-state index in [4.69, 9.17) is 9.47 Å². The molecule has 0 bridgehead atoms. The van der Waals surface area contributed by atoms with E-state index in [1.165, 1.54) is 22.7 Å². The summed E-state index contributed by atoms with van der Waals surface area (Å²) in [6, 6.07) is 0.869. The Hall–Kier alpha value is -2.91. The van der Waals surface area contributed by atoms with E-state index >= 15 is 0 Å². The van der Waals surface area contributed by atoms with Gasteiger partial charge in [-0.2, -0.15) is 0 Å². The Kier molecular flexibility index (Phi) is 7.02. The minimum atomic E-state index is -1.64. The van der Waals surface area contributed by atoms with Gasteiger partial charge >= 0.3 is 0 Å². The molecule has 2 aromatic heterocycles. The van der Waals surface area contributed by atoms with Crippen molar-refractivity contribution in [1.29, 1.82) is 0 Å². The highest BCUT2D eigenvalue weighted by Crippen LogP contribution is 2.38. The maximum atomic E-state index is 14.3. The lowest BCUT2D eigenvalue weighted by molar-refractivity contribution is -0.216. The molecule has 37 heavy (non-hydrogen) atoms. The second kappa shape index (κ2) is 10.1. The van der Waals surface area contributed by atoms with E-state index in [0.29, 0.717) is 18.5 Å². The summed E-state index contributed by atoms with van der Waals surface area (Å²) < 4.78 is 55.7. The fraction of sp³-hybridized carbons (Fsp3) is 0.565. The Balaban J connectivity index is 1.43. The van der Waals surface area contributed by atoms with Gasteiger partial charge in [0.25, 0.3) is 0 Å². The first-order valence-corrected chi connectivity index (χ1v) is 11.9. The molecule has 0 amide bonds. The van der Waals surface area contributed by atoms with E-state index in [-0.39, 0.29) is 17.8 Å². The molecule has 2 fully saturated rings. The fourth-order valence-corrected chi connectivity index (χ4v) is 5.18. The van der Waals surface area contributed by atoms with Gasteiger partial charge in [0.05, 0.1) is 25.5 Å². The maximum Gasteiger partial charge on any atom is 0.195 e. The Labute approximate surface area is 209 Å². The quantitative estimate of drug-likeness (QED) is 0.388. The van der Waals surface area contributed by atoms with E-state index in [1.807, 2.05) is 0 Å². The molecule has 1 saturated carbocycles. The molecule has 3 heterocycles. The summed E-state index contributed by atoms with van der Waals surface area (Å²) in [5.41, 5.74) is -0.964. The molecular formula is C23H27F3N6O5. The van der Waals surface area contributed by atoms with Gasteiger partial charge in [-0.25, -0.2) is 22.5 Å². The number of aromatic nitrogens is 6. The first-order valence-electron chi connectivity index (χ1n) is 11.9. The zero-order chi connectivity index (χ0) is 26.3. The number of nitrogens with zero attached hydrogens (tertiary/aromatic N) is 6. The van der Waals surface area contributed by atoms with E-state index < -0.39 is 60.1 Å². The first kappa shape index (κ1) is 25.7. The second-order valence-corrected chi connectivity index (χ2v) is 9.45. The molecule has 0 radical (unpaired) electrons. The molecule has 14 heteroatoms. The lowest BCUT2D eigenvalue weighted by Gasteiger charge is -2.43. The third-order valence-corrected chi connectivity index (χ3v) is 7.18. The maximum absolute atomic E-state index is 14.3. The van der Waals surface area contributed by atoms with Crippen LogP contribution < -0.4 is 0 Å². The molecule has 3 aromatic rings. The zero-order valence-corrected chi connectivity index (χ0v) is 19.9. The van der Waals surface area contributed by atoms with Crippen LogP contribution in [0.1, 0.15) is 37.4 Å². The van der Waals surface area contributed by atoms with Crippen LogP contribution in [0.2, 0.25) is 0 Å². The largest absolute Gasteiger partial charge is 0.394 e. The van der Waals surface area contributed by atoms with Crippen molar-refractivity contribution in [1.82, 2.24) is 30.0 Å². The van der Waals surface area contributed by atoms with Gasteiger partial charge in [-0.3, -0.25) is 0 Å². The van der Waals surface area contributed by atoms with Crippen LogP contribution in [-0.4, -0.2) is 83.4 Å². The molecule has 0 spiro atoms. The van der Waals surface area contributed by atoms with Crippen molar-refractivity contribution in [2.45, 2.75) is 68.3 Å². The van der Waals surface area contributed by atoms with Gasteiger partial charge in [-0.15, -0.1) is 10.2 Å². The second-order valence-electron chi connectivity index (χ2n) is 9.45. The van der Waals surface area contributed by atoms with E-state index in [2.05, 4.69) is 20.6 Å². The van der Waals surface area contributed by atoms with Crippen LogP contribution in [0, 0.1) is 17.5 Å². The Bertz CT molecular complexity index is 1250. The van der Waals surface area contributed by atoms with Crippen molar-refractivity contribution < 1.29 is 38.0 Å². The predicted molar refractivity (Wildman–Crippen MR) is 119 cm³/mol. The summed E-state index contributed by atoms with van der Waals surface area (Å²) >= 11 is 0. The Morgan fingerprint density at radius 1 is 1.08 bits per heavy atom. The standard InChI is InChI=1S/C23H27F3N6O5/c1-36-22-15(9-31-10-17(28-29-31)23(35)6-2-3-7-23)37-16(11-33)21(34)20(22)32-8-14(27-30-32)12-4-5-13(24)19(26)18(12)25/h4-5,8,10,15-16,20-22,33-35H,2-3,6-7,9,11H2,1H3/t15-,16-,20+,21+,22+/m1/s1. The van der Waals surface area contributed by atoms with Crippen molar-refractivity contribution >= 4 is 0 Å². The van der Waals surface area contributed by atoms with Crippen molar-refractivity contribution in [2.24, 2.45) is 0 Å². The molecule has 3 N–H and O–H groups in total. The number of methoxy groups -OCH3 is 1. The Morgan fingerprint density at radius 3 is 2.54 bits per heavy atom. The van der Waals surface area contributed by atoms with Crippen molar-refractivity contribution in [2.75, 3.05) is 13.7 Å². The number of aliphatic hydroxyl groups is 3. The number of hydrogen-bond donors (Lipinski definition) is 3. The van der Waals surface area contributed by atoms with Crippen LogP contribution in [0.4, 0.5) is 13.2 Å². The number of aliphatic hydroxyl groups excluding tert-OH is 2. The van der Waals surface area contributed by atoms with Gasteiger partial charge in [-0.05, 0) is 25.0 Å². The van der Waals surface area contributed by atoms with Crippen LogP contribution in [0.25, 0.3) is 11.3 Å². The summed E-state index contributed by atoms with van der Waals surface area (Å²) in [6.07, 6.45) is 1.96. The number of benzene rings is 1. The van der Waals surface area contributed by atoms with E-state index in [1.54, 1.807) is 6.20 Å². The average Bonchev–Trinajstić information content (AvgIpc) is 3.65. The Morgan fingerprint density at radius 2 is 1.84 bits per heavy atom. The molecule has 5 atom stereocenters. The van der Waals surface area contributed by atoms with Crippen LogP contribution in [0.3, 0.4) is 0 Å². The molecule has 11 nitrogen and oxygen atoms in total. The number of hydrogen-bond acceptors (Lipinski definition) is 9. The molecule has 0 unspecified atom stereocenters. The van der Waals surface area contributed by atoms with Crippen LogP contribution in [-0.2, 0) is 21.6 Å². The lowest BCUT2D eigenvalue weighted by atomic mass is 9.92. The molecule has 2 aliphatic rings. The van der Waals surface area contributed by atoms with Gasteiger partial charge in [0, 0.05) is 12.7 Å². The van der Waals surface area contributed by atoms with Gasteiger partial charge < -0.3 is 24.8 Å². The monoisotopic (exact) mass is 524 g/mol. The summed E-state index contributed by atoms with van der Waals surface area (Å²) in [6.45, 7) is -0.410. The highest BCUT2D eigenvalue weighted by atomic mass is 19.2. The smallest absolute Gasteiger partial charge is 0.195 e. The van der Waals surface area contributed by atoms with Gasteiger partial charge in [0.15, 0.2) is 17.5 Å². The third-order valence-electron chi connectivity index (χ3n) is 7.18. The minimum absolute atomic E-state index is 0.0900. The summed E-state index contributed by atoms with van der Waals surface area (Å²) in [4.78, 5) is 0. The van der Waals surface area contributed by atoms with Crippen LogP contribution in [0.5, 0.6) is 0 Å². The van der Waals surface area contributed by atoms with Crippen molar-refractivity contribution in [3.05, 3.63) is 47.7 Å². The third kappa shape index (κ3) is 4.63. The van der Waals surface area contributed by atoms with Gasteiger partial charge in [0.1, 0.15) is 47.4 Å². The zero-order valence-electron chi connectivity index (χ0n) is 19.9. The number of halogens is 3. The molecule has 1 aliphatic carbocycles. The SMILES string of the molecule is CO[C@@H]1[C@@H](n2cc(-c3ccc(F)c(F)c3F)nn2)[C@@H](O)[C@@H](CO)O[C@@H]1Cn1cc(C2(O)CCCC2)nn1. The van der Waals surface area contributed by atoms with E-state index in [0.717, 1.165) is 25.0 Å². The van der Waals surface area contributed by atoms with Gasteiger partial charge in [0.2, 0.25) is 0 Å². The molecule has 1 aromatic carbocycles.